The second-order valence-electron chi connectivity index (χ2n) is 3.99. The average Bonchev–Trinajstić information content (AvgIpc) is 2.95. The monoisotopic (exact) mass is 264 g/mol. The quantitative estimate of drug-likeness (QED) is 0.323. The van der Waals surface area contributed by atoms with E-state index in [0.717, 1.165) is 12.8 Å². The number of hydrogen-bond donors (Lipinski definition) is 0. The highest BCUT2D eigenvalue weighted by Crippen LogP contribution is 2.23. The molecule has 0 amide bonds. The molecule has 0 N–H and O–H groups in total. The summed E-state index contributed by atoms with van der Waals surface area (Å²) >= 11 is 0. The highest BCUT2D eigenvalue weighted by atomic mass is 16.5. The first-order valence-electron chi connectivity index (χ1n) is 5.82. The maximum absolute atomic E-state index is 11.8. The Bertz CT molecular complexity index is 468. The van der Waals surface area contributed by atoms with E-state index >= 15 is 0 Å². The van der Waals surface area contributed by atoms with Gasteiger partial charge < -0.3 is 14.4 Å². The van der Waals surface area contributed by atoms with Crippen molar-refractivity contribution < 1.29 is 19.1 Å². The van der Waals surface area contributed by atoms with Crippen molar-refractivity contribution in [3.8, 4) is 6.07 Å². The molecule has 1 aliphatic rings. The molecule has 0 aromatic rings. The van der Waals surface area contributed by atoms with Crippen LogP contribution in [0.1, 0.15) is 12.8 Å². The van der Waals surface area contributed by atoms with E-state index in [-0.39, 0.29) is 16.8 Å². The van der Waals surface area contributed by atoms with Gasteiger partial charge in [-0.1, -0.05) is 6.58 Å². The summed E-state index contributed by atoms with van der Waals surface area (Å²) in [6, 6.07) is 1.96. The minimum absolute atomic E-state index is 0.111. The molecular weight excluding hydrogens is 248 g/mol. The van der Waals surface area contributed by atoms with E-state index < -0.39 is 11.9 Å². The van der Waals surface area contributed by atoms with Crippen LogP contribution in [0.4, 0.5) is 0 Å². The van der Waals surface area contributed by atoms with Gasteiger partial charge in [-0.15, -0.1) is 0 Å². The van der Waals surface area contributed by atoms with Crippen LogP contribution in [0.3, 0.4) is 0 Å². The number of methoxy groups -OCH3 is 2. The number of carbonyl (C=O) groups excluding carboxylic acids is 2. The number of nitrogens with zero attached hydrogens (tertiary/aromatic N) is 2. The third kappa shape index (κ3) is 3.13. The molecule has 0 aromatic heterocycles. The first kappa shape index (κ1) is 14.8. The Morgan fingerprint density at radius 3 is 2.11 bits per heavy atom. The van der Waals surface area contributed by atoms with Gasteiger partial charge in [-0.25, -0.2) is 9.59 Å². The van der Waals surface area contributed by atoms with Crippen molar-refractivity contribution in [3.63, 3.8) is 0 Å². The third-order valence-corrected chi connectivity index (χ3v) is 2.89. The minimum Gasteiger partial charge on any atom is -0.465 e. The van der Waals surface area contributed by atoms with Crippen LogP contribution in [0.15, 0.2) is 23.4 Å². The summed E-state index contributed by atoms with van der Waals surface area (Å²) < 4.78 is 9.16. The second kappa shape index (κ2) is 6.59. The summed E-state index contributed by atoms with van der Waals surface area (Å²) in [5, 5.41) is 9.25. The smallest absolute Gasteiger partial charge is 0.341 e. The molecule has 0 aliphatic carbocycles. The molecule has 19 heavy (non-hydrogen) atoms. The Balaban J connectivity index is 3.27. The van der Waals surface area contributed by atoms with E-state index in [9.17, 15) is 14.9 Å². The molecular formula is C13H16N2O4. The predicted octanol–water partition coefficient (Wildman–Crippen LogP) is 0.762. The first-order valence-corrected chi connectivity index (χ1v) is 5.82. The van der Waals surface area contributed by atoms with Gasteiger partial charge in [0.05, 0.1) is 19.8 Å². The van der Waals surface area contributed by atoms with Crippen LogP contribution in [0, 0.1) is 11.3 Å². The molecule has 0 atom stereocenters. The summed E-state index contributed by atoms with van der Waals surface area (Å²) in [7, 11) is 2.37. The maximum atomic E-state index is 11.8. The van der Waals surface area contributed by atoms with Crippen molar-refractivity contribution in [2.45, 2.75) is 12.8 Å². The molecule has 1 fully saturated rings. The van der Waals surface area contributed by atoms with Crippen molar-refractivity contribution in [2.75, 3.05) is 27.3 Å². The zero-order chi connectivity index (χ0) is 14.4. The number of allylic oxidation sites excluding steroid dienone is 1. The van der Waals surface area contributed by atoms with Gasteiger partial charge in [0.15, 0.2) is 0 Å². The highest BCUT2D eigenvalue weighted by molar-refractivity contribution is 6.07. The lowest BCUT2D eigenvalue weighted by Crippen LogP contribution is -2.25. The Kier molecular flexibility index (Phi) is 5.12. The molecule has 6 nitrogen and oxygen atoms in total. The van der Waals surface area contributed by atoms with Gasteiger partial charge in [-0.2, -0.15) is 5.26 Å². The molecule has 1 saturated heterocycles. The highest BCUT2D eigenvalue weighted by Gasteiger charge is 2.28. The molecule has 102 valence electrons. The minimum atomic E-state index is -0.765. The van der Waals surface area contributed by atoms with Gasteiger partial charge in [0.1, 0.15) is 17.3 Å². The summed E-state index contributed by atoms with van der Waals surface area (Å²) in [5.74, 6) is -1.52. The number of likely N-dealkylation sites (tertiary alicyclic amines) is 1. The average molecular weight is 264 g/mol. The van der Waals surface area contributed by atoms with Gasteiger partial charge in [0.2, 0.25) is 0 Å². The van der Waals surface area contributed by atoms with Gasteiger partial charge in [0, 0.05) is 13.1 Å². The van der Waals surface area contributed by atoms with Crippen LogP contribution >= 0.6 is 0 Å². The van der Waals surface area contributed by atoms with Gasteiger partial charge in [-0.3, -0.25) is 0 Å². The van der Waals surface area contributed by atoms with E-state index in [4.69, 9.17) is 0 Å². The molecule has 1 heterocycles. The second-order valence-corrected chi connectivity index (χ2v) is 3.99. The van der Waals surface area contributed by atoms with Gasteiger partial charge in [0.25, 0.3) is 0 Å². The fourth-order valence-corrected chi connectivity index (χ4v) is 1.92. The number of nitriles is 1. The standard InChI is InChI=1S/C13H16N2O4/c1-9(12(16)18-2)11(13(17)19-3)10(8-14)15-6-4-5-7-15/h1,4-7H2,2-3H3/b11-10-. The Morgan fingerprint density at radius 1 is 1.16 bits per heavy atom. The number of hydrogen-bond acceptors (Lipinski definition) is 6. The molecule has 0 unspecified atom stereocenters. The lowest BCUT2D eigenvalue weighted by atomic mass is 10.1. The fourth-order valence-electron chi connectivity index (χ4n) is 1.92. The molecule has 0 bridgehead atoms. The van der Waals surface area contributed by atoms with E-state index in [1.54, 1.807) is 4.90 Å². The SMILES string of the molecule is C=C(C(=O)OC)/C(C(=O)OC)=C(\C#N)N1CCCC1. The van der Waals surface area contributed by atoms with Crippen molar-refractivity contribution in [1.82, 2.24) is 4.90 Å². The van der Waals surface area contributed by atoms with Gasteiger partial charge in [-0.05, 0) is 12.8 Å². The van der Waals surface area contributed by atoms with Crippen LogP contribution in [0.25, 0.3) is 0 Å². The van der Waals surface area contributed by atoms with E-state index in [0.29, 0.717) is 13.1 Å². The van der Waals surface area contributed by atoms with Crippen LogP contribution < -0.4 is 0 Å². The Hall–Kier alpha value is -2.29. The molecule has 0 saturated carbocycles. The van der Waals surface area contributed by atoms with Crippen molar-refractivity contribution >= 4 is 11.9 Å². The molecule has 0 aromatic carbocycles. The lowest BCUT2D eigenvalue weighted by molar-refractivity contribution is -0.139. The van der Waals surface area contributed by atoms with Crippen molar-refractivity contribution in [2.24, 2.45) is 0 Å². The topological polar surface area (TPSA) is 79.6 Å². The zero-order valence-electron chi connectivity index (χ0n) is 11.1. The summed E-state index contributed by atoms with van der Waals surface area (Å²) in [6.45, 7) is 4.85. The molecule has 0 spiro atoms. The first-order chi connectivity index (χ1) is 9.06. The number of rotatable bonds is 4. The Morgan fingerprint density at radius 2 is 1.68 bits per heavy atom. The van der Waals surface area contributed by atoms with Gasteiger partial charge >= 0.3 is 11.9 Å². The fraction of sp³-hybridized carbons (Fsp3) is 0.462. The number of carbonyl (C=O) groups is 2. The van der Waals surface area contributed by atoms with E-state index in [1.807, 2.05) is 6.07 Å². The van der Waals surface area contributed by atoms with E-state index in [1.165, 1.54) is 14.2 Å². The summed E-state index contributed by atoms with van der Waals surface area (Å²) in [4.78, 5) is 25.1. The molecule has 6 heteroatoms. The predicted molar refractivity (Wildman–Crippen MR) is 66.6 cm³/mol. The number of esters is 2. The normalized spacial score (nSPS) is 15.3. The molecule has 1 rings (SSSR count). The van der Waals surface area contributed by atoms with Crippen LogP contribution in [0.5, 0.6) is 0 Å². The largest absolute Gasteiger partial charge is 0.465 e. The van der Waals surface area contributed by atoms with Crippen LogP contribution in [0.2, 0.25) is 0 Å². The summed E-state index contributed by atoms with van der Waals surface area (Å²) in [6.07, 6.45) is 1.87. The molecule has 0 radical (unpaired) electrons. The number of ether oxygens (including phenoxy) is 2. The maximum Gasteiger partial charge on any atom is 0.341 e. The molecule has 1 aliphatic heterocycles. The van der Waals surface area contributed by atoms with Crippen LogP contribution in [-0.4, -0.2) is 44.1 Å². The van der Waals surface area contributed by atoms with Crippen molar-refractivity contribution in [3.05, 3.63) is 23.4 Å². The zero-order valence-corrected chi connectivity index (χ0v) is 11.1. The van der Waals surface area contributed by atoms with Crippen molar-refractivity contribution in [1.29, 1.82) is 5.26 Å². The van der Waals surface area contributed by atoms with Crippen LogP contribution in [-0.2, 0) is 19.1 Å². The Labute approximate surface area is 111 Å². The summed E-state index contributed by atoms with van der Waals surface area (Å²) in [5.41, 5.74) is -0.184. The van der Waals surface area contributed by atoms with E-state index in [2.05, 4.69) is 16.1 Å². The lowest BCUT2D eigenvalue weighted by Gasteiger charge is -2.19. The third-order valence-electron chi connectivity index (χ3n) is 2.89.